The van der Waals surface area contributed by atoms with Gasteiger partial charge in [-0.25, -0.2) is 5.01 Å². The lowest BCUT2D eigenvalue weighted by atomic mass is 10.1. The molecule has 1 aliphatic rings. The van der Waals surface area contributed by atoms with Crippen LogP contribution in [0.25, 0.3) is 0 Å². The summed E-state index contributed by atoms with van der Waals surface area (Å²) in [6, 6.07) is 8.73. The zero-order valence-corrected chi connectivity index (χ0v) is 16.2. The molecule has 1 aliphatic heterocycles. The molecule has 0 aromatic heterocycles. The van der Waals surface area contributed by atoms with Crippen molar-refractivity contribution in [1.29, 1.82) is 0 Å². The van der Waals surface area contributed by atoms with Crippen LogP contribution in [0.3, 0.4) is 0 Å². The quantitative estimate of drug-likeness (QED) is 0.539. The molecule has 0 saturated heterocycles. The minimum Gasteiger partial charge on any atom is -0.465 e. The van der Waals surface area contributed by atoms with Crippen molar-refractivity contribution in [2.75, 3.05) is 13.2 Å². The number of carbonyl (C=O) groups is 4. The van der Waals surface area contributed by atoms with E-state index < -0.39 is 35.8 Å². The molecule has 2 amide bonds. The maximum absolute atomic E-state index is 12.5. The van der Waals surface area contributed by atoms with E-state index in [0.29, 0.717) is 5.56 Å². The van der Waals surface area contributed by atoms with Gasteiger partial charge in [-0.3, -0.25) is 24.1 Å². The molecule has 28 heavy (non-hydrogen) atoms. The van der Waals surface area contributed by atoms with Crippen molar-refractivity contribution >= 4 is 29.6 Å². The lowest BCUT2D eigenvalue weighted by molar-refractivity contribution is -0.158. The topological polar surface area (TPSA) is 106 Å². The molecule has 0 radical (unpaired) electrons. The van der Waals surface area contributed by atoms with Crippen LogP contribution in [0.2, 0.25) is 0 Å². The summed E-state index contributed by atoms with van der Waals surface area (Å²) in [5, 5.41) is 5.23. The van der Waals surface area contributed by atoms with Crippen molar-refractivity contribution in [3.05, 3.63) is 35.9 Å². The van der Waals surface area contributed by atoms with E-state index in [0.717, 1.165) is 9.91 Å². The fourth-order valence-electron chi connectivity index (χ4n) is 2.89. The molecular formula is C19H23N3O6. The molecule has 0 spiro atoms. The predicted molar refractivity (Wildman–Crippen MR) is 98.4 cm³/mol. The number of nitrogens with zero attached hydrogens (tertiary/aromatic N) is 3. The molecule has 0 saturated carbocycles. The zero-order valence-electron chi connectivity index (χ0n) is 16.2. The van der Waals surface area contributed by atoms with E-state index in [1.54, 1.807) is 44.2 Å². The lowest BCUT2D eigenvalue weighted by Crippen LogP contribution is -2.46. The van der Waals surface area contributed by atoms with Gasteiger partial charge in [-0.15, -0.1) is 0 Å². The molecule has 0 fully saturated rings. The van der Waals surface area contributed by atoms with Crippen LogP contribution in [0.1, 0.15) is 39.4 Å². The van der Waals surface area contributed by atoms with Crippen molar-refractivity contribution in [3.8, 4) is 0 Å². The van der Waals surface area contributed by atoms with Gasteiger partial charge in [0.2, 0.25) is 17.7 Å². The van der Waals surface area contributed by atoms with Gasteiger partial charge in [0, 0.05) is 13.8 Å². The fraction of sp³-hybridized carbons (Fsp3) is 0.421. The molecule has 2 rings (SSSR count). The van der Waals surface area contributed by atoms with Gasteiger partial charge >= 0.3 is 11.9 Å². The molecule has 0 N–H and O–H groups in total. The van der Waals surface area contributed by atoms with E-state index in [4.69, 9.17) is 9.47 Å². The fourth-order valence-corrected chi connectivity index (χ4v) is 2.89. The molecule has 150 valence electrons. The van der Waals surface area contributed by atoms with Gasteiger partial charge in [-0.2, -0.15) is 5.10 Å². The van der Waals surface area contributed by atoms with E-state index in [9.17, 15) is 19.2 Å². The second-order valence-corrected chi connectivity index (χ2v) is 5.93. The maximum atomic E-state index is 12.5. The van der Waals surface area contributed by atoms with Gasteiger partial charge in [0.15, 0.2) is 12.0 Å². The molecule has 9 heteroatoms. The highest BCUT2D eigenvalue weighted by Gasteiger charge is 2.48. The third-order valence-corrected chi connectivity index (χ3v) is 4.00. The van der Waals surface area contributed by atoms with Crippen molar-refractivity contribution < 1.29 is 28.7 Å². The third kappa shape index (κ3) is 4.19. The summed E-state index contributed by atoms with van der Waals surface area (Å²) in [5.74, 6) is -4.53. The number of carbonyl (C=O) groups excluding carboxylic acids is 4. The SMILES string of the molecule is CCOC(=O)C(C(=O)OCC)C1=NN(C(C)=O)C(c2ccccc2)N1C(C)=O. The van der Waals surface area contributed by atoms with E-state index in [1.807, 2.05) is 0 Å². The Morgan fingerprint density at radius 3 is 1.93 bits per heavy atom. The minimum atomic E-state index is -1.58. The number of hydrogen-bond donors (Lipinski definition) is 0. The summed E-state index contributed by atoms with van der Waals surface area (Å²) >= 11 is 0. The van der Waals surface area contributed by atoms with Gasteiger partial charge < -0.3 is 9.47 Å². The van der Waals surface area contributed by atoms with E-state index in [1.165, 1.54) is 13.8 Å². The lowest BCUT2D eigenvalue weighted by Gasteiger charge is -2.29. The van der Waals surface area contributed by atoms with Crippen LogP contribution in [-0.4, -0.2) is 52.7 Å². The summed E-state index contributed by atoms with van der Waals surface area (Å²) in [5.41, 5.74) is 0.595. The summed E-state index contributed by atoms with van der Waals surface area (Å²) in [6.45, 7) is 5.79. The Morgan fingerprint density at radius 2 is 1.50 bits per heavy atom. The zero-order chi connectivity index (χ0) is 20.8. The molecule has 1 unspecified atom stereocenters. The number of hydrogen-bond acceptors (Lipinski definition) is 7. The van der Waals surface area contributed by atoms with E-state index >= 15 is 0 Å². The maximum Gasteiger partial charge on any atom is 0.328 e. The van der Waals surface area contributed by atoms with E-state index in [2.05, 4.69) is 5.10 Å². The highest BCUT2D eigenvalue weighted by atomic mass is 16.6. The van der Waals surface area contributed by atoms with Crippen LogP contribution >= 0.6 is 0 Å². The monoisotopic (exact) mass is 389 g/mol. The first-order valence-electron chi connectivity index (χ1n) is 8.89. The number of rotatable bonds is 6. The molecule has 0 bridgehead atoms. The highest BCUT2D eigenvalue weighted by molar-refractivity contribution is 6.20. The van der Waals surface area contributed by atoms with Crippen molar-refractivity contribution in [2.24, 2.45) is 11.0 Å². The van der Waals surface area contributed by atoms with Gasteiger partial charge in [-0.1, -0.05) is 30.3 Å². The Kier molecular flexibility index (Phi) is 6.86. The Hall–Kier alpha value is -3.23. The van der Waals surface area contributed by atoms with Crippen LogP contribution in [0.4, 0.5) is 0 Å². The Morgan fingerprint density at radius 1 is 0.964 bits per heavy atom. The molecular weight excluding hydrogens is 366 g/mol. The number of amides is 2. The Balaban J connectivity index is 2.59. The van der Waals surface area contributed by atoms with Gasteiger partial charge in [0.05, 0.1) is 13.2 Å². The van der Waals surface area contributed by atoms with Crippen molar-refractivity contribution in [3.63, 3.8) is 0 Å². The Bertz CT molecular complexity index is 774. The summed E-state index contributed by atoms with van der Waals surface area (Å²) in [4.78, 5) is 50.8. The normalized spacial score (nSPS) is 16.0. The molecule has 1 aromatic carbocycles. The number of ether oxygens (including phenoxy) is 2. The number of amidine groups is 1. The second-order valence-electron chi connectivity index (χ2n) is 5.93. The summed E-state index contributed by atoms with van der Waals surface area (Å²) in [7, 11) is 0. The second kappa shape index (κ2) is 9.12. The molecule has 9 nitrogen and oxygen atoms in total. The third-order valence-electron chi connectivity index (χ3n) is 4.00. The minimum absolute atomic E-state index is 0.0284. The molecule has 0 aliphatic carbocycles. The van der Waals surface area contributed by atoms with Crippen LogP contribution in [-0.2, 0) is 28.7 Å². The Labute approximate surface area is 162 Å². The van der Waals surface area contributed by atoms with Gasteiger partial charge in [0.1, 0.15) is 0 Å². The number of hydrazone groups is 1. The first kappa shape index (κ1) is 21.1. The van der Waals surface area contributed by atoms with Crippen LogP contribution in [0.15, 0.2) is 35.4 Å². The smallest absolute Gasteiger partial charge is 0.328 e. The predicted octanol–water partition coefficient (Wildman–Crippen LogP) is 1.45. The average Bonchev–Trinajstić information content (AvgIpc) is 3.03. The van der Waals surface area contributed by atoms with Crippen molar-refractivity contribution in [1.82, 2.24) is 9.91 Å². The van der Waals surface area contributed by atoms with Crippen molar-refractivity contribution in [2.45, 2.75) is 33.9 Å². The largest absolute Gasteiger partial charge is 0.465 e. The summed E-state index contributed by atoms with van der Waals surface area (Å²) in [6.07, 6.45) is -0.919. The molecule has 1 atom stereocenters. The molecule has 1 aromatic rings. The van der Waals surface area contributed by atoms with Gasteiger partial charge in [0.25, 0.3) is 0 Å². The van der Waals surface area contributed by atoms with E-state index in [-0.39, 0.29) is 19.0 Å². The first-order chi connectivity index (χ1) is 13.3. The van der Waals surface area contributed by atoms with Crippen LogP contribution < -0.4 is 0 Å². The first-order valence-corrected chi connectivity index (χ1v) is 8.89. The summed E-state index contributed by atoms with van der Waals surface area (Å²) < 4.78 is 9.97. The van der Waals surface area contributed by atoms with Gasteiger partial charge in [-0.05, 0) is 19.4 Å². The standard InChI is InChI=1S/C19H23N3O6/c1-5-27-18(25)15(19(26)28-6-2)16-20-22(13(4)24)17(21(16)12(3)23)14-10-8-7-9-11-14/h7-11,15,17H,5-6H2,1-4H3. The molecule has 1 heterocycles. The van der Waals surface area contributed by atoms with Crippen LogP contribution in [0.5, 0.6) is 0 Å². The average molecular weight is 389 g/mol. The highest BCUT2D eigenvalue weighted by Crippen LogP contribution is 2.34. The van der Waals surface area contributed by atoms with Crippen LogP contribution in [0, 0.1) is 5.92 Å². The number of esters is 2. The number of benzene rings is 1.